The number of methoxy groups -OCH3 is 2. The Balaban J connectivity index is 0.00000166. The van der Waals surface area contributed by atoms with Crippen LogP contribution in [0.1, 0.15) is 48.9 Å². The van der Waals surface area contributed by atoms with Gasteiger partial charge in [0, 0.05) is 26.2 Å². The van der Waals surface area contributed by atoms with Crippen molar-refractivity contribution in [1.82, 2.24) is 0 Å². The van der Waals surface area contributed by atoms with Gasteiger partial charge in [-0.2, -0.15) is 0 Å². The van der Waals surface area contributed by atoms with Gasteiger partial charge in [-0.3, -0.25) is 0 Å². The van der Waals surface area contributed by atoms with Crippen LogP contribution in [0.3, 0.4) is 0 Å². The van der Waals surface area contributed by atoms with Crippen LogP contribution in [0.15, 0.2) is 36.4 Å². The van der Waals surface area contributed by atoms with Crippen LogP contribution in [0.4, 0.5) is 0 Å². The Morgan fingerprint density at radius 1 is 0.677 bits per heavy atom. The molecule has 0 aliphatic heterocycles. The molecule has 0 heterocycles. The SMILES string of the molecule is CC.COCCOCCCC1(COCCOC)c2cc(C)ccc2-c2ccc(C)cc21. The third-order valence-corrected chi connectivity index (χ3v) is 5.78. The fraction of sp³-hybridized carbons (Fsp3) is 0.556. The highest BCUT2D eigenvalue weighted by molar-refractivity contribution is 5.81. The van der Waals surface area contributed by atoms with Crippen molar-refractivity contribution in [2.24, 2.45) is 0 Å². The molecule has 3 rings (SSSR count). The van der Waals surface area contributed by atoms with E-state index in [0.29, 0.717) is 33.0 Å². The first-order chi connectivity index (χ1) is 15.1. The molecule has 1 aliphatic rings. The third-order valence-electron chi connectivity index (χ3n) is 5.78. The molecular formula is C27H40O4. The standard InChI is InChI=1S/C25H34O4.C2H6/c1-19-6-8-21-22-9-7-20(2)17-24(22)25(23(21)16-19,18-29-15-13-27-4)10-5-11-28-14-12-26-3;1-2/h6-9,16-17H,5,10-15,18H2,1-4H3;1-2H3. The van der Waals surface area contributed by atoms with E-state index in [2.05, 4.69) is 50.2 Å². The van der Waals surface area contributed by atoms with Gasteiger partial charge in [-0.05, 0) is 48.9 Å². The summed E-state index contributed by atoms with van der Waals surface area (Å²) in [7, 11) is 3.41. The zero-order valence-electron chi connectivity index (χ0n) is 20.3. The molecule has 0 bridgehead atoms. The van der Waals surface area contributed by atoms with Gasteiger partial charge in [0.25, 0.3) is 0 Å². The van der Waals surface area contributed by atoms with Crippen LogP contribution in [-0.4, -0.2) is 53.9 Å². The van der Waals surface area contributed by atoms with Crippen molar-refractivity contribution in [2.75, 3.05) is 53.9 Å². The van der Waals surface area contributed by atoms with Crippen molar-refractivity contribution in [2.45, 2.75) is 46.0 Å². The topological polar surface area (TPSA) is 36.9 Å². The molecule has 0 atom stereocenters. The molecule has 2 aromatic carbocycles. The van der Waals surface area contributed by atoms with Gasteiger partial charge in [0.1, 0.15) is 0 Å². The summed E-state index contributed by atoms with van der Waals surface area (Å²) < 4.78 is 22.2. The lowest BCUT2D eigenvalue weighted by Crippen LogP contribution is -2.32. The van der Waals surface area contributed by atoms with Crippen molar-refractivity contribution in [3.05, 3.63) is 58.7 Å². The number of fused-ring (bicyclic) bond motifs is 3. The number of hydrogen-bond acceptors (Lipinski definition) is 4. The minimum absolute atomic E-state index is 0.152. The van der Waals surface area contributed by atoms with Gasteiger partial charge in [0.05, 0.1) is 33.0 Å². The Bertz CT molecular complexity index is 748. The highest BCUT2D eigenvalue weighted by Crippen LogP contribution is 2.52. The molecule has 1 aliphatic carbocycles. The van der Waals surface area contributed by atoms with E-state index in [1.54, 1.807) is 14.2 Å². The van der Waals surface area contributed by atoms with Gasteiger partial charge in [0.2, 0.25) is 0 Å². The lowest BCUT2D eigenvalue weighted by molar-refractivity contribution is 0.0412. The Morgan fingerprint density at radius 2 is 1.19 bits per heavy atom. The molecule has 0 amide bonds. The van der Waals surface area contributed by atoms with Crippen molar-refractivity contribution in [1.29, 1.82) is 0 Å². The number of hydrogen-bond donors (Lipinski definition) is 0. The van der Waals surface area contributed by atoms with Gasteiger partial charge >= 0.3 is 0 Å². The minimum Gasteiger partial charge on any atom is -0.382 e. The summed E-state index contributed by atoms with van der Waals surface area (Å²) in [5.74, 6) is 0. The first-order valence-electron chi connectivity index (χ1n) is 11.5. The van der Waals surface area contributed by atoms with Crippen LogP contribution < -0.4 is 0 Å². The molecule has 0 N–H and O–H groups in total. The molecule has 0 saturated carbocycles. The smallest absolute Gasteiger partial charge is 0.0700 e. The van der Waals surface area contributed by atoms with Crippen molar-refractivity contribution in [3.8, 4) is 11.1 Å². The zero-order valence-corrected chi connectivity index (χ0v) is 20.3. The normalized spacial score (nSPS) is 13.4. The summed E-state index contributed by atoms with van der Waals surface area (Å²) in [5.41, 5.74) is 7.85. The molecule has 4 nitrogen and oxygen atoms in total. The average molecular weight is 429 g/mol. The van der Waals surface area contributed by atoms with Crippen LogP contribution >= 0.6 is 0 Å². The number of aryl methyl sites for hydroxylation is 2. The summed E-state index contributed by atoms with van der Waals surface area (Å²) in [4.78, 5) is 0. The van der Waals surface area contributed by atoms with Crippen LogP contribution in [-0.2, 0) is 24.4 Å². The summed E-state index contributed by atoms with van der Waals surface area (Å²) >= 11 is 0. The number of ether oxygens (including phenoxy) is 4. The second kappa shape index (κ2) is 13.0. The van der Waals surface area contributed by atoms with Crippen LogP contribution in [0.25, 0.3) is 11.1 Å². The molecule has 2 aromatic rings. The van der Waals surface area contributed by atoms with E-state index >= 15 is 0 Å². The maximum absolute atomic E-state index is 6.16. The molecule has 172 valence electrons. The van der Waals surface area contributed by atoms with Gasteiger partial charge in [-0.15, -0.1) is 0 Å². The Morgan fingerprint density at radius 3 is 1.71 bits per heavy atom. The fourth-order valence-corrected chi connectivity index (χ4v) is 4.33. The van der Waals surface area contributed by atoms with E-state index in [4.69, 9.17) is 18.9 Å². The van der Waals surface area contributed by atoms with Crippen LogP contribution in [0.5, 0.6) is 0 Å². The van der Waals surface area contributed by atoms with E-state index < -0.39 is 0 Å². The van der Waals surface area contributed by atoms with E-state index in [1.807, 2.05) is 13.8 Å². The van der Waals surface area contributed by atoms with E-state index in [1.165, 1.54) is 33.4 Å². The highest BCUT2D eigenvalue weighted by Gasteiger charge is 2.43. The summed E-state index contributed by atoms with van der Waals surface area (Å²) in [5, 5.41) is 0. The Kier molecular flexibility index (Phi) is 10.7. The minimum atomic E-state index is -0.152. The van der Waals surface area contributed by atoms with Gasteiger partial charge in [-0.25, -0.2) is 0 Å². The fourth-order valence-electron chi connectivity index (χ4n) is 4.33. The summed E-state index contributed by atoms with van der Waals surface area (Å²) in [6.07, 6.45) is 1.96. The van der Waals surface area contributed by atoms with Gasteiger partial charge in [-0.1, -0.05) is 61.4 Å². The number of benzene rings is 2. The largest absolute Gasteiger partial charge is 0.382 e. The molecule has 0 saturated heterocycles. The van der Waals surface area contributed by atoms with E-state index in [0.717, 1.165) is 19.4 Å². The molecule has 0 fully saturated rings. The summed E-state index contributed by atoms with van der Waals surface area (Å²) in [6.45, 7) is 12.2. The van der Waals surface area contributed by atoms with Gasteiger partial charge in [0.15, 0.2) is 0 Å². The molecule has 4 heteroatoms. The second-order valence-corrected chi connectivity index (χ2v) is 7.93. The van der Waals surface area contributed by atoms with Crippen molar-refractivity contribution >= 4 is 0 Å². The van der Waals surface area contributed by atoms with Crippen LogP contribution in [0, 0.1) is 13.8 Å². The van der Waals surface area contributed by atoms with E-state index in [9.17, 15) is 0 Å². The molecule has 0 unspecified atom stereocenters. The molecule has 0 spiro atoms. The molecule has 0 radical (unpaired) electrons. The lowest BCUT2D eigenvalue weighted by Gasteiger charge is -2.32. The molecule has 0 aromatic heterocycles. The molecule has 31 heavy (non-hydrogen) atoms. The van der Waals surface area contributed by atoms with Crippen LogP contribution in [0.2, 0.25) is 0 Å². The maximum atomic E-state index is 6.16. The van der Waals surface area contributed by atoms with Crippen molar-refractivity contribution < 1.29 is 18.9 Å². The maximum Gasteiger partial charge on any atom is 0.0700 e. The van der Waals surface area contributed by atoms with E-state index in [-0.39, 0.29) is 5.41 Å². The lowest BCUT2D eigenvalue weighted by atomic mass is 9.74. The number of rotatable bonds is 12. The zero-order chi connectivity index (χ0) is 22.7. The summed E-state index contributed by atoms with van der Waals surface area (Å²) in [6, 6.07) is 13.6. The predicted octanol–water partition coefficient (Wildman–Crippen LogP) is 5.70. The average Bonchev–Trinajstić information content (AvgIpc) is 3.04. The second-order valence-electron chi connectivity index (χ2n) is 7.93. The Hall–Kier alpha value is -1.72. The molecular weight excluding hydrogens is 388 g/mol. The predicted molar refractivity (Wildman–Crippen MR) is 128 cm³/mol. The first-order valence-corrected chi connectivity index (χ1v) is 11.5. The quantitative estimate of drug-likeness (QED) is 0.406. The Labute approximate surface area is 188 Å². The van der Waals surface area contributed by atoms with Crippen molar-refractivity contribution in [3.63, 3.8) is 0 Å². The van der Waals surface area contributed by atoms with Gasteiger partial charge < -0.3 is 18.9 Å². The third kappa shape index (κ3) is 6.17. The highest BCUT2D eigenvalue weighted by atomic mass is 16.5. The monoisotopic (exact) mass is 428 g/mol. The first kappa shape index (κ1) is 25.5.